The topological polar surface area (TPSA) is 42.0 Å². The number of anilines is 1. The average Bonchev–Trinajstić information content (AvgIpc) is 2.85. The Hall–Kier alpha value is -1.42. The Morgan fingerprint density at radius 1 is 1.13 bits per heavy atom. The second kappa shape index (κ2) is 5.04. The Kier molecular flexibility index (Phi) is 3.06. The van der Waals surface area contributed by atoms with Crippen LogP contribution in [0.25, 0.3) is 10.2 Å². The molecule has 6 rings (SSSR count). The van der Waals surface area contributed by atoms with Crippen LogP contribution in [0.1, 0.15) is 37.1 Å². The second-order valence-corrected chi connectivity index (χ2v) is 9.10. The molecule has 0 aliphatic heterocycles. The number of fused-ring (bicyclic) bond motifs is 1. The number of aromatic nitrogens is 1. The van der Waals surface area contributed by atoms with Crippen LogP contribution in [0.2, 0.25) is 0 Å². The Morgan fingerprint density at radius 3 is 2.52 bits per heavy atom. The number of carbonyl (C=O) groups is 1. The van der Waals surface area contributed by atoms with E-state index in [-0.39, 0.29) is 11.8 Å². The van der Waals surface area contributed by atoms with Crippen LogP contribution in [0.15, 0.2) is 18.2 Å². The summed E-state index contributed by atoms with van der Waals surface area (Å²) in [4.78, 5) is 17.4. The van der Waals surface area contributed by atoms with Gasteiger partial charge in [0.15, 0.2) is 0 Å². The highest BCUT2D eigenvalue weighted by atomic mass is 32.1. The fourth-order valence-electron chi connectivity index (χ4n) is 5.70. The summed E-state index contributed by atoms with van der Waals surface area (Å²) in [5.74, 6) is 3.62. The van der Waals surface area contributed by atoms with Gasteiger partial charge in [-0.25, -0.2) is 4.98 Å². The number of amides is 1. The van der Waals surface area contributed by atoms with Gasteiger partial charge in [0.2, 0.25) is 5.91 Å². The van der Waals surface area contributed by atoms with Crippen LogP contribution >= 0.6 is 11.3 Å². The van der Waals surface area contributed by atoms with Crippen molar-refractivity contribution in [2.24, 2.45) is 29.6 Å². The lowest BCUT2D eigenvalue weighted by atomic mass is 9.51. The van der Waals surface area contributed by atoms with Gasteiger partial charge in [0.25, 0.3) is 0 Å². The van der Waals surface area contributed by atoms with Crippen LogP contribution in [0.5, 0.6) is 0 Å². The third kappa shape index (κ3) is 2.30. The first-order chi connectivity index (χ1) is 11.2. The van der Waals surface area contributed by atoms with Crippen molar-refractivity contribution in [2.75, 3.05) is 5.32 Å². The quantitative estimate of drug-likeness (QED) is 0.875. The Labute approximate surface area is 140 Å². The van der Waals surface area contributed by atoms with Gasteiger partial charge < -0.3 is 5.32 Å². The van der Waals surface area contributed by atoms with Gasteiger partial charge in [-0.1, -0.05) is 0 Å². The minimum absolute atomic E-state index is 0.252. The SMILES string of the molecule is Cc1nc2ccc(NC(=O)C3C4CC5CC(C4)CC3C5)cc2s1. The molecule has 4 heteroatoms. The lowest BCUT2D eigenvalue weighted by Gasteiger charge is -2.53. The van der Waals surface area contributed by atoms with Crippen molar-refractivity contribution in [1.82, 2.24) is 4.98 Å². The molecule has 0 spiro atoms. The molecule has 1 N–H and O–H groups in total. The smallest absolute Gasteiger partial charge is 0.228 e. The van der Waals surface area contributed by atoms with Crippen LogP contribution in [-0.2, 0) is 4.79 Å². The molecule has 0 radical (unpaired) electrons. The molecule has 120 valence electrons. The van der Waals surface area contributed by atoms with Gasteiger partial charge in [-0.2, -0.15) is 0 Å². The van der Waals surface area contributed by atoms with E-state index in [1.807, 2.05) is 19.1 Å². The zero-order valence-corrected chi connectivity index (χ0v) is 14.2. The van der Waals surface area contributed by atoms with E-state index in [4.69, 9.17) is 0 Å². The maximum Gasteiger partial charge on any atom is 0.228 e. The summed E-state index contributed by atoms with van der Waals surface area (Å²) in [7, 11) is 0. The number of nitrogens with one attached hydrogen (secondary N) is 1. The van der Waals surface area contributed by atoms with Crippen LogP contribution in [0.4, 0.5) is 5.69 Å². The Bertz CT molecular complexity index is 753. The van der Waals surface area contributed by atoms with Gasteiger partial charge in [0.1, 0.15) is 0 Å². The first-order valence-corrected chi connectivity index (χ1v) is 9.65. The molecule has 3 nitrogen and oxygen atoms in total. The highest BCUT2D eigenvalue weighted by molar-refractivity contribution is 7.18. The first kappa shape index (κ1) is 14.0. The largest absolute Gasteiger partial charge is 0.326 e. The van der Waals surface area contributed by atoms with Crippen molar-refractivity contribution >= 4 is 33.1 Å². The summed E-state index contributed by atoms with van der Waals surface area (Å²) >= 11 is 1.69. The van der Waals surface area contributed by atoms with Crippen LogP contribution in [0.3, 0.4) is 0 Å². The lowest BCUT2D eigenvalue weighted by Crippen LogP contribution is -2.49. The van der Waals surface area contributed by atoms with Gasteiger partial charge in [0.05, 0.1) is 15.2 Å². The number of rotatable bonds is 2. The predicted molar refractivity (Wildman–Crippen MR) is 93.5 cm³/mol. The molecule has 1 aromatic heterocycles. The van der Waals surface area contributed by atoms with Crippen LogP contribution < -0.4 is 5.32 Å². The fourth-order valence-corrected chi connectivity index (χ4v) is 6.56. The van der Waals surface area contributed by atoms with E-state index in [1.54, 1.807) is 11.3 Å². The molecule has 0 saturated heterocycles. The van der Waals surface area contributed by atoms with E-state index in [2.05, 4.69) is 16.4 Å². The summed E-state index contributed by atoms with van der Waals surface area (Å²) in [5, 5.41) is 4.28. The van der Waals surface area contributed by atoms with E-state index in [0.717, 1.165) is 32.7 Å². The maximum absolute atomic E-state index is 12.9. The number of aryl methyl sites for hydroxylation is 1. The van der Waals surface area contributed by atoms with E-state index in [0.29, 0.717) is 11.8 Å². The van der Waals surface area contributed by atoms with Crippen molar-refractivity contribution in [3.8, 4) is 0 Å². The van der Waals surface area contributed by atoms with Gasteiger partial charge >= 0.3 is 0 Å². The van der Waals surface area contributed by atoms with Gasteiger partial charge in [0, 0.05) is 11.6 Å². The molecular weight excluding hydrogens is 304 g/mol. The van der Waals surface area contributed by atoms with Gasteiger partial charge in [-0.3, -0.25) is 4.79 Å². The van der Waals surface area contributed by atoms with Gasteiger partial charge in [-0.15, -0.1) is 11.3 Å². The Morgan fingerprint density at radius 2 is 1.83 bits per heavy atom. The number of nitrogens with zero attached hydrogens (tertiary/aromatic N) is 1. The highest BCUT2D eigenvalue weighted by Crippen LogP contribution is 2.56. The number of benzene rings is 1. The molecule has 4 bridgehead atoms. The molecule has 4 fully saturated rings. The maximum atomic E-state index is 12.9. The highest BCUT2D eigenvalue weighted by Gasteiger charge is 2.50. The molecule has 2 aromatic rings. The normalized spacial score (nSPS) is 34.9. The third-order valence-corrected chi connectivity index (χ3v) is 7.23. The lowest BCUT2D eigenvalue weighted by molar-refractivity contribution is -0.132. The van der Waals surface area contributed by atoms with E-state index in [9.17, 15) is 4.79 Å². The summed E-state index contributed by atoms with van der Waals surface area (Å²) in [5.41, 5.74) is 1.96. The number of hydrogen-bond acceptors (Lipinski definition) is 3. The molecule has 1 amide bonds. The molecule has 4 aliphatic rings. The summed E-state index contributed by atoms with van der Waals surface area (Å²) in [6.07, 6.45) is 6.59. The number of hydrogen-bond donors (Lipinski definition) is 1. The molecule has 0 atom stereocenters. The summed E-state index contributed by atoms with van der Waals surface area (Å²) in [6, 6.07) is 6.09. The molecule has 0 unspecified atom stereocenters. The molecule has 4 aliphatic carbocycles. The van der Waals surface area contributed by atoms with Crippen LogP contribution in [-0.4, -0.2) is 10.9 Å². The van der Waals surface area contributed by atoms with Crippen molar-refractivity contribution in [3.63, 3.8) is 0 Å². The molecule has 1 aromatic carbocycles. The van der Waals surface area contributed by atoms with Crippen molar-refractivity contribution in [2.45, 2.75) is 39.0 Å². The van der Waals surface area contributed by atoms with Crippen molar-refractivity contribution in [1.29, 1.82) is 0 Å². The summed E-state index contributed by atoms with van der Waals surface area (Å²) < 4.78 is 1.16. The van der Waals surface area contributed by atoms with Crippen molar-refractivity contribution < 1.29 is 4.79 Å². The van der Waals surface area contributed by atoms with Crippen molar-refractivity contribution in [3.05, 3.63) is 23.2 Å². The molecule has 4 saturated carbocycles. The minimum Gasteiger partial charge on any atom is -0.326 e. The second-order valence-electron chi connectivity index (χ2n) is 7.86. The molecule has 23 heavy (non-hydrogen) atoms. The third-order valence-electron chi connectivity index (χ3n) is 6.29. The van der Waals surface area contributed by atoms with E-state index in [1.165, 1.54) is 32.1 Å². The predicted octanol–water partition coefficient (Wildman–Crippen LogP) is 4.62. The zero-order valence-electron chi connectivity index (χ0n) is 13.4. The zero-order chi connectivity index (χ0) is 15.6. The van der Waals surface area contributed by atoms with E-state index >= 15 is 0 Å². The first-order valence-electron chi connectivity index (χ1n) is 8.84. The molecular formula is C19H22N2OS. The average molecular weight is 326 g/mol. The summed E-state index contributed by atoms with van der Waals surface area (Å²) in [6.45, 7) is 2.03. The number of thiazole rings is 1. The minimum atomic E-state index is 0.252. The monoisotopic (exact) mass is 326 g/mol. The Balaban J connectivity index is 1.38. The van der Waals surface area contributed by atoms with Gasteiger partial charge in [-0.05, 0) is 80.9 Å². The fraction of sp³-hybridized carbons (Fsp3) is 0.579. The number of carbonyl (C=O) groups excluding carboxylic acids is 1. The van der Waals surface area contributed by atoms with Crippen LogP contribution in [0, 0.1) is 36.5 Å². The molecule has 1 heterocycles. The standard InChI is InChI=1S/C19H22N2OS/c1-10-20-16-3-2-15(9-17(16)23-10)21-19(22)18-13-5-11-4-12(7-13)8-14(18)6-11/h2-3,9,11-14,18H,4-8H2,1H3,(H,21,22). The van der Waals surface area contributed by atoms with E-state index < -0.39 is 0 Å².